The van der Waals surface area contributed by atoms with Gasteiger partial charge in [0, 0.05) is 19.4 Å². The second-order valence-electron chi connectivity index (χ2n) is 13.3. The first-order chi connectivity index (χ1) is 19.5. The number of aliphatic carboxylic acids is 1. The van der Waals surface area contributed by atoms with E-state index in [1.807, 2.05) is 30.3 Å². The van der Waals surface area contributed by atoms with Gasteiger partial charge >= 0.3 is 5.97 Å². The van der Waals surface area contributed by atoms with Gasteiger partial charge in [0.25, 0.3) is 0 Å². The molecule has 1 heterocycles. The molecule has 7 nitrogen and oxygen atoms in total. The van der Waals surface area contributed by atoms with Crippen LogP contribution in [0.1, 0.15) is 85.0 Å². The van der Waals surface area contributed by atoms with Crippen molar-refractivity contribution in [1.82, 2.24) is 0 Å². The molecule has 1 aliphatic carbocycles. The summed E-state index contributed by atoms with van der Waals surface area (Å²) >= 11 is 0. The zero-order valence-corrected chi connectivity index (χ0v) is 26.9. The quantitative estimate of drug-likeness (QED) is 0.118. The van der Waals surface area contributed by atoms with Crippen LogP contribution in [0.15, 0.2) is 42.5 Å². The summed E-state index contributed by atoms with van der Waals surface area (Å²) in [6, 6.07) is 9.90. The minimum Gasteiger partial charge on any atom is -0.491 e. The molecule has 0 bridgehead atoms. The predicted octanol–water partition coefficient (Wildman–Crippen LogP) is 7.35. The zero-order chi connectivity index (χ0) is 29.9. The van der Waals surface area contributed by atoms with Crippen molar-refractivity contribution in [2.45, 2.75) is 128 Å². The third-order valence-electron chi connectivity index (χ3n) is 9.06. The molecule has 1 saturated carbocycles. The maximum Gasteiger partial charge on any atom is 0.303 e. The van der Waals surface area contributed by atoms with E-state index < -0.39 is 20.4 Å². The van der Waals surface area contributed by atoms with Crippen LogP contribution in [0.4, 0.5) is 0 Å². The van der Waals surface area contributed by atoms with E-state index in [9.17, 15) is 9.90 Å². The fraction of sp³-hybridized carbons (Fsp3) is 0.727. The van der Waals surface area contributed by atoms with Crippen LogP contribution in [0, 0.1) is 11.8 Å². The van der Waals surface area contributed by atoms with Gasteiger partial charge in [0.2, 0.25) is 0 Å². The van der Waals surface area contributed by atoms with Crippen LogP contribution >= 0.6 is 0 Å². The molecule has 0 spiro atoms. The highest BCUT2D eigenvalue weighted by molar-refractivity contribution is 6.74. The molecule has 1 aromatic carbocycles. The second kappa shape index (κ2) is 16.2. The van der Waals surface area contributed by atoms with Gasteiger partial charge < -0.3 is 28.8 Å². The molecule has 3 unspecified atom stereocenters. The Bertz CT molecular complexity index is 923. The first kappa shape index (κ1) is 33.8. The lowest BCUT2D eigenvalue weighted by molar-refractivity contribution is -0.196. The molecule has 0 aromatic heterocycles. The lowest BCUT2D eigenvalue weighted by Crippen LogP contribution is -2.45. The zero-order valence-electron chi connectivity index (χ0n) is 25.9. The number of carboxylic acid groups (broad SMARTS) is 1. The number of aliphatic hydroxyl groups excluding tert-OH is 1. The van der Waals surface area contributed by atoms with Crippen molar-refractivity contribution < 1.29 is 33.6 Å². The number of para-hydroxylation sites is 1. The summed E-state index contributed by atoms with van der Waals surface area (Å²) in [5.74, 6) is 0.318. The Labute approximate surface area is 248 Å². The summed E-state index contributed by atoms with van der Waals surface area (Å²) < 4.78 is 25.5. The van der Waals surface area contributed by atoms with Gasteiger partial charge in [0.1, 0.15) is 12.4 Å². The Morgan fingerprint density at radius 2 is 1.90 bits per heavy atom. The van der Waals surface area contributed by atoms with Crippen molar-refractivity contribution in [1.29, 1.82) is 0 Å². The maximum atomic E-state index is 11.2. The molecule has 232 valence electrons. The normalized spacial score (nSPS) is 26.3. The van der Waals surface area contributed by atoms with Crippen molar-refractivity contribution in [3.63, 3.8) is 0 Å². The molecule has 2 fully saturated rings. The summed E-state index contributed by atoms with van der Waals surface area (Å²) in [6.45, 7) is 12.6. The van der Waals surface area contributed by atoms with Gasteiger partial charge in [-0.25, -0.2) is 0 Å². The minimum atomic E-state index is -2.04. The SMILES string of the molecule is CC(C)(C)[Si](C)(C)OC(CC[C@H]1C(OC2CCCCO2)C[C@H](O)[C@@H]1C/C=C\CCCC(=O)O)COc1ccccc1. The van der Waals surface area contributed by atoms with Crippen molar-refractivity contribution in [2.24, 2.45) is 11.8 Å². The fourth-order valence-corrected chi connectivity index (χ4v) is 7.02. The third kappa shape index (κ3) is 11.1. The van der Waals surface area contributed by atoms with Crippen molar-refractivity contribution in [2.75, 3.05) is 13.2 Å². The smallest absolute Gasteiger partial charge is 0.303 e. The van der Waals surface area contributed by atoms with Gasteiger partial charge in [0.05, 0.1) is 18.3 Å². The van der Waals surface area contributed by atoms with E-state index in [0.717, 1.165) is 57.3 Å². The molecule has 1 aromatic rings. The van der Waals surface area contributed by atoms with Crippen LogP contribution in [-0.2, 0) is 18.7 Å². The van der Waals surface area contributed by atoms with Crippen LogP contribution in [0.3, 0.4) is 0 Å². The monoisotopic (exact) mass is 590 g/mol. The molecule has 2 aliphatic rings. The Morgan fingerprint density at radius 3 is 2.56 bits per heavy atom. The molecule has 0 radical (unpaired) electrons. The van der Waals surface area contributed by atoms with Crippen LogP contribution in [0.25, 0.3) is 0 Å². The van der Waals surface area contributed by atoms with Gasteiger partial charge in [-0.3, -0.25) is 4.79 Å². The third-order valence-corrected chi connectivity index (χ3v) is 13.6. The number of rotatable bonds is 16. The molecule has 3 rings (SSSR count). The Morgan fingerprint density at radius 1 is 1.15 bits per heavy atom. The number of unbranched alkanes of at least 4 members (excludes halogenated alkanes) is 1. The largest absolute Gasteiger partial charge is 0.491 e. The van der Waals surface area contributed by atoms with Crippen LogP contribution < -0.4 is 4.74 Å². The number of hydrogen-bond donors (Lipinski definition) is 2. The van der Waals surface area contributed by atoms with E-state index in [0.29, 0.717) is 19.4 Å². The highest BCUT2D eigenvalue weighted by atomic mass is 28.4. The molecule has 8 heteroatoms. The summed E-state index contributed by atoms with van der Waals surface area (Å²) in [7, 11) is -2.04. The number of carboxylic acids is 1. The van der Waals surface area contributed by atoms with E-state index >= 15 is 0 Å². The van der Waals surface area contributed by atoms with E-state index in [1.165, 1.54) is 0 Å². The molecule has 2 N–H and O–H groups in total. The molecule has 6 atom stereocenters. The number of benzene rings is 1. The highest BCUT2D eigenvalue weighted by Crippen LogP contribution is 2.42. The number of allylic oxidation sites excluding steroid dienone is 2. The van der Waals surface area contributed by atoms with E-state index in [1.54, 1.807) is 0 Å². The van der Waals surface area contributed by atoms with E-state index in [-0.39, 0.29) is 41.8 Å². The number of aliphatic hydroxyl groups is 1. The summed E-state index contributed by atoms with van der Waals surface area (Å²) in [4.78, 5) is 10.8. The first-order valence-corrected chi connectivity index (χ1v) is 18.5. The van der Waals surface area contributed by atoms with Crippen molar-refractivity contribution in [3.8, 4) is 5.75 Å². The predicted molar refractivity (Wildman–Crippen MR) is 165 cm³/mol. The van der Waals surface area contributed by atoms with Gasteiger partial charge in [-0.2, -0.15) is 0 Å². The number of carbonyl (C=O) groups is 1. The van der Waals surface area contributed by atoms with Gasteiger partial charge in [-0.1, -0.05) is 51.1 Å². The van der Waals surface area contributed by atoms with Gasteiger partial charge in [-0.05, 0) is 93.5 Å². The Balaban J connectivity index is 1.71. The lowest BCUT2D eigenvalue weighted by Gasteiger charge is -2.39. The molecule has 1 saturated heterocycles. The molecular formula is C33H54O7Si. The first-order valence-electron chi connectivity index (χ1n) is 15.6. The molecule has 41 heavy (non-hydrogen) atoms. The standard InChI is InChI=1S/C33H54O7Si/c1-33(2,3)41(4,5)40-26(24-38-25-15-9-8-10-16-25)20-21-28-27(17-11-6-7-12-18-31(35)36)29(34)23-30(28)39-32-19-13-14-22-37-32/h6,8-11,15-16,26-30,32,34H,7,12-14,17-24H2,1-5H3,(H,35,36)/b11-6-/t26?,27-,28-,29+,30?,32?/m1/s1. The topological polar surface area (TPSA) is 94.5 Å². The second-order valence-corrected chi connectivity index (χ2v) is 18.1. The van der Waals surface area contributed by atoms with Gasteiger partial charge in [0.15, 0.2) is 14.6 Å². The number of hydrogen-bond acceptors (Lipinski definition) is 6. The Kier molecular flexibility index (Phi) is 13.4. The summed E-state index contributed by atoms with van der Waals surface area (Å²) in [5.41, 5.74) is 0. The average molecular weight is 591 g/mol. The molecule has 1 aliphatic heterocycles. The summed E-state index contributed by atoms with van der Waals surface area (Å²) in [5, 5.41) is 20.1. The highest BCUT2D eigenvalue weighted by Gasteiger charge is 2.44. The minimum absolute atomic E-state index is 0.0624. The fourth-order valence-electron chi connectivity index (χ4n) is 5.65. The summed E-state index contributed by atoms with van der Waals surface area (Å²) in [6.07, 6.45) is 11.0. The molecular weight excluding hydrogens is 536 g/mol. The van der Waals surface area contributed by atoms with Crippen LogP contribution in [0.2, 0.25) is 18.1 Å². The Hall–Kier alpha value is -1.71. The van der Waals surface area contributed by atoms with Crippen LogP contribution in [-0.4, -0.2) is 62.3 Å². The van der Waals surface area contributed by atoms with Gasteiger partial charge in [-0.15, -0.1) is 0 Å². The van der Waals surface area contributed by atoms with E-state index in [4.69, 9.17) is 23.7 Å². The van der Waals surface area contributed by atoms with Crippen LogP contribution in [0.5, 0.6) is 5.75 Å². The lowest BCUT2D eigenvalue weighted by atomic mass is 9.86. The maximum absolute atomic E-state index is 11.2. The van der Waals surface area contributed by atoms with Crippen molar-refractivity contribution in [3.05, 3.63) is 42.5 Å². The molecule has 0 amide bonds. The average Bonchev–Trinajstić information content (AvgIpc) is 3.21. The van der Waals surface area contributed by atoms with Crippen molar-refractivity contribution >= 4 is 14.3 Å². The number of ether oxygens (including phenoxy) is 3. The van der Waals surface area contributed by atoms with E-state index in [2.05, 4.69) is 46.0 Å².